The molecule has 6 nitrogen and oxygen atoms in total. The van der Waals surface area contributed by atoms with E-state index in [1.807, 2.05) is 43.5 Å². The van der Waals surface area contributed by atoms with Crippen molar-refractivity contribution in [3.63, 3.8) is 0 Å². The van der Waals surface area contributed by atoms with Crippen LogP contribution in [0.1, 0.15) is 9.88 Å². The molecule has 158 valence electrons. The fourth-order valence-electron chi connectivity index (χ4n) is 3.65. The smallest absolute Gasteiger partial charge is 0.193 e. The Kier molecular flexibility index (Phi) is 6.54. The van der Waals surface area contributed by atoms with Crippen molar-refractivity contribution in [3.05, 3.63) is 51.7 Å². The molecule has 2 N–H and O–H groups in total. The van der Waals surface area contributed by atoms with E-state index in [0.717, 1.165) is 61.5 Å². The van der Waals surface area contributed by atoms with Gasteiger partial charge in [0, 0.05) is 50.0 Å². The number of nitrogens with zero attached hydrogens (tertiary/aromatic N) is 4. The molecule has 0 radical (unpaired) electrons. The van der Waals surface area contributed by atoms with Crippen LogP contribution in [0.15, 0.2) is 46.8 Å². The summed E-state index contributed by atoms with van der Waals surface area (Å²) in [6, 6.07) is 11.9. The first kappa shape index (κ1) is 20.7. The number of hydrogen-bond donors (Lipinski definition) is 2. The molecule has 1 aromatic carbocycles. The number of aromatic nitrogens is 1. The third-order valence-corrected chi connectivity index (χ3v) is 7.14. The van der Waals surface area contributed by atoms with E-state index in [0.29, 0.717) is 5.75 Å². The number of aliphatic imine (C=N–C) groups is 1. The zero-order chi connectivity index (χ0) is 20.9. The Labute approximate surface area is 185 Å². The molecule has 0 atom stereocenters. The highest BCUT2D eigenvalue weighted by Gasteiger charge is 2.21. The fourth-order valence-corrected chi connectivity index (χ4v) is 5.30. The summed E-state index contributed by atoms with van der Waals surface area (Å²) < 4.78 is 0. The van der Waals surface area contributed by atoms with Crippen LogP contribution in [-0.2, 0) is 6.42 Å². The summed E-state index contributed by atoms with van der Waals surface area (Å²) in [7, 11) is 1.84. The number of thiazole rings is 1. The minimum absolute atomic E-state index is 0.344. The minimum atomic E-state index is 0.344. The zero-order valence-corrected chi connectivity index (χ0v) is 19.0. The predicted molar refractivity (Wildman–Crippen MR) is 127 cm³/mol. The van der Waals surface area contributed by atoms with Crippen LogP contribution in [0.25, 0.3) is 10.6 Å². The molecule has 1 aliphatic heterocycles. The van der Waals surface area contributed by atoms with E-state index in [4.69, 9.17) is 0 Å². The van der Waals surface area contributed by atoms with Crippen molar-refractivity contribution >= 4 is 34.3 Å². The number of guanidine groups is 1. The van der Waals surface area contributed by atoms with Gasteiger partial charge < -0.3 is 20.2 Å². The summed E-state index contributed by atoms with van der Waals surface area (Å²) in [5, 5.41) is 16.8. The number of para-hydroxylation sites is 2. The molecular weight excluding hydrogens is 414 g/mol. The quantitative estimate of drug-likeness (QED) is 0.465. The van der Waals surface area contributed by atoms with Crippen molar-refractivity contribution in [1.82, 2.24) is 15.2 Å². The van der Waals surface area contributed by atoms with E-state index >= 15 is 0 Å². The molecule has 2 aromatic heterocycles. The maximum atomic E-state index is 10.1. The Balaban J connectivity index is 1.27. The normalized spacial score (nSPS) is 14.9. The standard InChI is InChI=1S/C22H27N5OS2/c1-16-25-18(15-29-16)21-8-7-17(30-21)9-10-24-22(23-2)27-13-11-26(12-14-27)19-5-3-4-6-20(19)28/h3-8,15,28H,9-14H2,1-2H3,(H,23,24). The van der Waals surface area contributed by atoms with E-state index in [1.165, 1.54) is 9.75 Å². The monoisotopic (exact) mass is 441 g/mol. The Morgan fingerprint density at radius 3 is 2.67 bits per heavy atom. The molecule has 8 heteroatoms. The van der Waals surface area contributed by atoms with E-state index in [9.17, 15) is 5.11 Å². The average Bonchev–Trinajstić information content (AvgIpc) is 3.41. The topological polar surface area (TPSA) is 64.0 Å². The molecular formula is C22H27N5OS2. The third-order valence-electron chi connectivity index (χ3n) is 5.20. The van der Waals surface area contributed by atoms with Crippen LogP contribution in [0.5, 0.6) is 5.75 Å². The molecule has 1 fully saturated rings. The molecule has 0 aliphatic carbocycles. The van der Waals surface area contributed by atoms with Gasteiger partial charge in [0.1, 0.15) is 5.75 Å². The number of rotatable bonds is 5. The lowest BCUT2D eigenvalue weighted by atomic mass is 10.2. The van der Waals surface area contributed by atoms with Crippen molar-refractivity contribution in [3.8, 4) is 16.3 Å². The summed E-state index contributed by atoms with van der Waals surface area (Å²) in [5.74, 6) is 1.29. The Hall–Kier alpha value is -2.58. The van der Waals surface area contributed by atoms with Crippen LogP contribution in [0.3, 0.4) is 0 Å². The van der Waals surface area contributed by atoms with Gasteiger partial charge in [-0.25, -0.2) is 4.98 Å². The van der Waals surface area contributed by atoms with Crippen molar-refractivity contribution in [2.45, 2.75) is 13.3 Å². The summed E-state index contributed by atoms with van der Waals surface area (Å²) in [6.07, 6.45) is 0.963. The van der Waals surface area contributed by atoms with Crippen LogP contribution in [0.2, 0.25) is 0 Å². The maximum Gasteiger partial charge on any atom is 0.193 e. The SMILES string of the molecule is CN=C(NCCc1ccc(-c2csc(C)n2)s1)N1CCN(c2ccccc2O)CC1. The van der Waals surface area contributed by atoms with Crippen molar-refractivity contribution in [2.75, 3.05) is 44.7 Å². The van der Waals surface area contributed by atoms with Gasteiger partial charge >= 0.3 is 0 Å². The summed E-state index contributed by atoms with van der Waals surface area (Å²) in [6.45, 7) is 6.36. The van der Waals surface area contributed by atoms with Gasteiger partial charge in [0.2, 0.25) is 0 Å². The average molecular weight is 442 g/mol. The number of phenolic OH excluding ortho intramolecular Hbond substituents is 1. The van der Waals surface area contributed by atoms with E-state index in [2.05, 4.69) is 42.6 Å². The highest BCUT2D eigenvalue weighted by Crippen LogP contribution is 2.29. The number of benzene rings is 1. The third kappa shape index (κ3) is 4.76. The molecule has 3 aromatic rings. The van der Waals surface area contributed by atoms with Gasteiger partial charge in [-0.3, -0.25) is 4.99 Å². The molecule has 0 unspecified atom stereocenters. The number of hydrogen-bond acceptors (Lipinski definition) is 6. The molecule has 0 saturated carbocycles. The maximum absolute atomic E-state index is 10.1. The fraction of sp³-hybridized carbons (Fsp3) is 0.364. The first-order valence-electron chi connectivity index (χ1n) is 10.1. The van der Waals surface area contributed by atoms with Crippen LogP contribution in [0, 0.1) is 6.92 Å². The van der Waals surface area contributed by atoms with Gasteiger partial charge in [0.25, 0.3) is 0 Å². The highest BCUT2D eigenvalue weighted by atomic mass is 32.1. The largest absolute Gasteiger partial charge is 0.506 e. The number of piperazine rings is 1. The lowest BCUT2D eigenvalue weighted by Crippen LogP contribution is -2.52. The first-order chi connectivity index (χ1) is 14.6. The van der Waals surface area contributed by atoms with Gasteiger partial charge in [-0.15, -0.1) is 22.7 Å². The van der Waals surface area contributed by atoms with Gasteiger partial charge in [0.15, 0.2) is 5.96 Å². The molecule has 30 heavy (non-hydrogen) atoms. The predicted octanol–water partition coefficient (Wildman–Crippen LogP) is 3.83. The zero-order valence-electron chi connectivity index (χ0n) is 17.3. The molecule has 0 bridgehead atoms. The van der Waals surface area contributed by atoms with Crippen LogP contribution in [-0.4, -0.2) is 60.7 Å². The minimum Gasteiger partial charge on any atom is -0.506 e. The van der Waals surface area contributed by atoms with Crippen LogP contribution in [0.4, 0.5) is 5.69 Å². The molecule has 0 spiro atoms. The van der Waals surface area contributed by atoms with E-state index in [1.54, 1.807) is 17.4 Å². The van der Waals surface area contributed by atoms with Gasteiger partial charge in [0.05, 0.1) is 21.3 Å². The molecule has 0 amide bonds. The highest BCUT2D eigenvalue weighted by molar-refractivity contribution is 7.16. The van der Waals surface area contributed by atoms with Crippen molar-refractivity contribution in [2.24, 2.45) is 4.99 Å². The molecule has 4 rings (SSSR count). The number of anilines is 1. The molecule has 3 heterocycles. The van der Waals surface area contributed by atoms with Gasteiger partial charge in [-0.1, -0.05) is 12.1 Å². The number of aromatic hydroxyl groups is 1. The summed E-state index contributed by atoms with van der Waals surface area (Å²) in [4.78, 5) is 16.2. The lowest BCUT2D eigenvalue weighted by Gasteiger charge is -2.37. The van der Waals surface area contributed by atoms with Crippen molar-refractivity contribution in [1.29, 1.82) is 0 Å². The van der Waals surface area contributed by atoms with Crippen molar-refractivity contribution < 1.29 is 5.11 Å². The van der Waals surface area contributed by atoms with E-state index < -0.39 is 0 Å². The van der Waals surface area contributed by atoms with Crippen LogP contribution >= 0.6 is 22.7 Å². The van der Waals surface area contributed by atoms with E-state index in [-0.39, 0.29) is 0 Å². The number of thiophene rings is 1. The number of aryl methyl sites for hydroxylation is 1. The lowest BCUT2D eigenvalue weighted by molar-refractivity contribution is 0.370. The second-order valence-electron chi connectivity index (χ2n) is 7.20. The Bertz CT molecular complexity index is 1000. The summed E-state index contributed by atoms with van der Waals surface area (Å²) >= 11 is 3.51. The van der Waals surface area contributed by atoms with Gasteiger partial charge in [-0.2, -0.15) is 0 Å². The Morgan fingerprint density at radius 2 is 1.97 bits per heavy atom. The number of phenols is 1. The van der Waals surface area contributed by atoms with Gasteiger partial charge in [-0.05, 0) is 37.6 Å². The number of nitrogens with one attached hydrogen (secondary N) is 1. The Morgan fingerprint density at radius 1 is 1.17 bits per heavy atom. The first-order valence-corrected chi connectivity index (χ1v) is 11.8. The molecule has 1 aliphatic rings. The molecule has 1 saturated heterocycles. The second kappa shape index (κ2) is 9.49. The second-order valence-corrected chi connectivity index (χ2v) is 9.44. The van der Waals surface area contributed by atoms with Crippen LogP contribution < -0.4 is 10.2 Å². The summed E-state index contributed by atoms with van der Waals surface area (Å²) in [5.41, 5.74) is 1.99.